The van der Waals surface area contributed by atoms with Crippen molar-refractivity contribution in [2.45, 2.75) is 32.1 Å². The van der Waals surface area contributed by atoms with Gasteiger partial charge in [0, 0.05) is 13.0 Å². The minimum absolute atomic E-state index is 0.218. The second-order valence-corrected chi connectivity index (χ2v) is 3.37. The zero-order chi connectivity index (χ0) is 12.2. The third-order valence-corrected chi connectivity index (χ3v) is 1.95. The highest BCUT2D eigenvalue weighted by molar-refractivity contribution is 5.74. The Morgan fingerprint density at radius 1 is 1.12 bits per heavy atom. The summed E-state index contributed by atoms with van der Waals surface area (Å²) in [7, 11) is 0. The van der Waals surface area contributed by atoms with Gasteiger partial charge >= 0.3 is 12.0 Å². The molecule has 0 aromatic rings. The lowest BCUT2D eigenvalue weighted by Gasteiger charge is -2.04. The first kappa shape index (κ1) is 14.3. The molecule has 0 aromatic carbocycles. The number of rotatable bonds is 8. The molecule has 0 atom stereocenters. The van der Waals surface area contributed by atoms with Crippen LogP contribution in [0.3, 0.4) is 0 Å². The number of carbonyl (C=O) groups is 2. The number of aliphatic carboxylic acids is 1. The van der Waals surface area contributed by atoms with Gasteiger partial charge in [-0.25, -0.2) is 4.79 Å². The Morgan fingerprint density at radius 3 is 2.44 bits per heavy atom. The van der Waals surface area contributed by atoms with E-state index in [9.17, 15) is 9.59 Å². The summed E-state index contributed by atoms with van der Waals surface area (Å²) in [6, 6.07) is -0.261. The second-order valence-electron chi connectivity index (χ2n) is 3.37. The Balaban J connectivity index is 3.18. The van der Waals surface area contributed by atoms with Crippen molar-refractivity contribution in [3.63, 3.8) is 0 Å². The molecule has 0 spiro atoms. The van der Waals surface area contributed by atoms with Crippen LogP contribution in [0.15, 0.2) is 0 Å². The van der Waals surface area contributed by atoms with E-state index in [0.717, 1.165) is 19.3 Å². The molecule has 2 amide bonds. The van der Waals surface area contributed by atoms with E-state index in [4.69, 9.17) is 11.5 Å². The topological polar surface area (TPSA) is 78.4 Å². The standard InChI is InChI=1S/C11H18N2O3/c1-2-8-12-11(16)13-9-6-4-3-5-7-10(14)15/h1H,3-9H2,(H,14,15)(H2,12,13,16). The van der Waals surface area contributed by atoms with E-state index in [0.29, 0.717) is 13.0 Å². The molecule has 5 nitrogen and oxygen atoms in total. The summed E-state index contributed by atoms with van der Waals surface area (Å²) in [5.74, 6) is 1.54. The maximum Gasteiger partial charge on any atom is 0.315 e. The highest BCUT2D eigenvalue weighted by Crippen LogP contribution is 2.01. The Labute approximate surface area is 95.6 Å². The normalized spacial score (nSPS) is 9.19. The van der Waals surface area contributed by atoms with Crippen LogP contribution in [-0.2, 0) is 4.79 Å². The van der Waals surface area contributed by atoms with E-state index in [-0.39, 0.29) is 19.0 Å². The number of carbonyl (C=O) groups excluding carboxylic acids is 1. The number of nitrogens with one attached hydrogen (secondary N) is 2. The Morgan fingerprint density at radius 2 is 1.81 bits per heavy atom. The first-order chi connectivity index (χ1) is 7.66. The van der Waals surface area contributed by atoms with Gasteiger partial charge in [-0.1, -0.05) is 18.8 Å². The molecule has 16 heavy (non-hydrogen) atoms. The van der Waals surface area contributed by atoms with Crippen molar-refractivity contribution in [2.75, 3.05) is 13.1 Å². The molecule has 0 aliphatic heterocycles. The van der Waals surface area contributed by atoms with Crippen LogP contribution < -0.4 is 10.6 Å². The molecule has 0 unspecified atom stereocenters. The Bertz CT molecular complexity index is 258. The fourth-order valence-electron chi connectivity index (χ4n) is 1.15. The number of terminal acetylenes is 1. The SMILES string of the molecule is C#CCNC(=O)NCCCCCCC(=O)O. The number of urea groups is 1. The van der Waals surface area contributed by atoms with E-state index in [1.807, 2.05) is 0 Å². The van der Waals surface area contributed by atoms with Crippen LogP contribution in [0, 0.1) is 12.3 Å². The molecule has 0 radical (unpaired) electrons. The van der Waals surface area contributed by atoms with Gasteiger partial charge in [0.25, 0.3) is 0 Å². The van der Waals surface area contributed by atoms with Gasteiger partial charge in [-0.05, 0) is 12.8 Å². The Hall–Kier alpha value is -1.70. The highest BCUT2D eigenvalue weighted by Gasteiger charge is 1.98. The quantitative estimate of drug-likeness (QED) is 0.426. The molecule has 5 heteroatoms. The summed E-state index contributed by atoms with van der Waals surface area (Å²) in [6.45, 7) is 0.813. The molecular formula is C11H18N2O3. The molecule has 0 fully saturated rings. The molecule has 3 N–H and O–H groups in total. The first-order valence-electron chi connectivity index (χ1n) is 5.33. The van der Waals surface area contributed by atoms with Crippen LogP contribution in [0.5, 0.6) is 0 Å². The summed E-state index contributed by atoms with van der Waals surface area (Å²) in [4.78, 5) is 21.2. The average Bonchev–Trinajstić information content (AvgIpc) is 2.24. The van der Waals surface area contributed by atoms with E-state index in [1.54, 1.807) is 0 Å². The number of hydrogen-bond acceptors (Lipinski definition) is 2. The highest BCUT2D eigenvalue weighted by atomic mass is 16.4. The van der Waals surface area contributed by atoms with E-state index >= 15 is 0 Å². The van der Waals surface area contributed by atoms with Gasteiger partial charge in [0.05, 0.1) is 6.54 Å². The van der Waals surface area contributed by atoms with Crippen molar-refractivity contribution in [1.82, 2.24) is 10.6 Å². The molecule has 90 valence electrons. The van der Waals surface area contributed by atoms with Crippen molar-refractivity contribution >= 4 is 12.0 Å². The molecule has 0 heterocycles. The number of carboxylic acids is 1. The van der Waals surface area contributed by atoms with Crippen LogP contribution in [0.1, 0.15) is 32.1 Å². The van der Waals surface area contributed by atoms with Crippen molar-refractivity contribution in [1.29, 1.82) is 0 Å². The third kappa shape index (κ3) is 10.4. The maximum atomic E-state index is 11.0. The zero-order valence-corrected chi connectivity index (χ0v) is 9.29. The molecule has 0 bridgehead atoms. The van der Waals surface area contributed by atoms with Gasteiger partial charge < -0.3 is 15.7 Å². The average molecular weight is 226 g/mol. The fourth-order valence-corrected chi connectivity index (χ4v) is 1.15. The largest absolute Gasteiger partial charge is 0.481 e. The summed E-state index contributed by atoms with van der Waals surface area (Å²) in [5.41, 5.74) is 0. The molecular weight excluding hydrogens is 208 g/mol. The first-order valence-corrected chi connectivity index (χ1v) is 5.33. The Kier molecular flexibility index (Phi) is 8.79. The van der Waals surface area contributed by atoms with Gasteiger partial charge in [-0.2, -0.15) is 0 Å². The van der Waals surface area contributed by atoms with E-state index in [1.165, 1.54) is 0 Å². The van der Waals surface area contributed by atoms with Gasteiger partial charge in [-0.15, -0.1) is 6.42 Å². The number of hydrogen-bond donors (Lipinski definition) is 3. The fraction of sp³-hybridized carbons (Fsp3) is 0.636. The predicted octanol–water partition coefficient (Wildman–Crippen LogP) is 0.954. The molecule has 0 aromatic heterocycles. The smallest absolute Gasteiger partial charge is 0.315 e. The van der Waals surface area contributed by atoms with E-state index in [2.05, 4.69) is 16.6 Å². The lowest BCUT2D eigenvalue weighted by molar-refractivity contribution is -0.137. The lowest BCUT2D eigenvalue weighted by Crippen LogP contribution is -2.36. The van der Waals surface area contributed by atoms with Crippen LogP contribution in [0.2, 0.25) is 0 Å². The lowest BCUT2D eigenvalue weighted by atomic mass is 10.1. The minimum atomic E-state index is -0.758. The zero-order valence-electron chi connectivity index (χ0n) is 9.29. The second kappa shape index (κ2) is 9.84. The summed E-state index contributed by atoms with van der Waals surface area (Å²) in [6.07, 6.45) is 8.53. The number of amides is 2. The van der Waals surface area contributed by atoms with Gasteiger partial charge in [0.1, 0.15) is 0 Å². The van der Waals surface area contributed by atoms with Crippen LogP contribution in [0.25, 0.3) is 0 Å². The molecule has 0 saturated carbocycles. The maximum absolute atomic E-state index is 11.0. The van der Waals surface area contributed by atoms with Crippen molar-refractivity contribution in [2.24, 2.45) is 0 Å². The number of carboxylic acid groups (broad SMARTS) is 1. The third-order valence-electron chi connectivity index (χ3n) is 1.95. The van der Waals surface area contributed by atoms with Gasteiger partial charge in [0.15, 0.2) is 0 Å². The number of unbranched alkanes of at least 4 members (excludes halogenated alkanes) is 3. The van der Waals surface area contributed by atoms with Gasteiger partial charge in [-0.3, -0.25) is 4.79 Å². The minimum Gasteiger partial charge on any atom is -0.481 e. The molecule has 0 saturated heterocycles. The monoisotopic (exact) mass is 226 g/mol. The van der Waals surface area contributed by atoms with Crippen LogP contribution >= 0.6 is 0 Å². The van der Waals surface area contributed by atoms with Gasteiger partial charge in [0.2, 0.25) is 0 Å². The molecule has 0 rings (SSSR count). The van der Waals surface area contributed by atoms with Crippen molar-refractivity contribution in [3.05, 3.63) is 0 Å². The summed E-state index contributed by atoms with van der Waals surface area (Å²) >= 11 is 0. The summed E-state index contributed by atoms with van der Waals surface area (Å²) < 4.78 is 0. The predicted molar refractivity (Wildman–Crippen MR) is 61.0 cm³/mol. The molecule has 0 aliphatic carbocycles. The van der Waals surface area contributed by atoms with Crippen molar-refractivity contribution in [3.8, 4) is 12.3 Å². The van der Waals surface area contributed by atoms with E-state index < -0.39 is 5.97 Å². The molecule has 0 aliphatic rings. The van der Waals surface area contributed by atoms with Crippen LogP contribution in [0.4, 0.5) is 4.79 Å². The summed E-state index contributed by atoms with van der Waals surface area (Å²) in [5, 5.41) is 13.5. The van der Waals surface area contributed by atoms with Crippen molar-refractivity contribution < 1.29 is 14.7 Å². The van der Waals surface area contributed by atoms with Crippen LogP contribution in [-0.4, -0.2) is 30.2 Å².